The van der Waals surface area contributed by atoms with Crippen LogP contribution in [-0.2, 0) is 4.74 Å². The molecule has 0 bridgehead atoms. The maximum Gasteiger partial charge on any atom is 0.119 e. The molecule has 2 heterocycles. The van der Waals surface area contributed by atoms with Crippen LogP contribution < -0.4 is 4.74 Å². The maximum absolute atomic E-state index is 6.05. The van der Waals surface area contributed by atoms with E-state index in [0.29, 0.717) is 0 Å². The van der Waals surface area contributed by atoms with Crippen LogP contribution in [0, 0.1) is 0 Å². The van der Waals surface area contributed by atoms with E-state index in [1.807, 2.05) is 36.0 Å². The lowest BCUT2D eigenvalue weighted by Crippen LogP contribution is -2.43. The molecule has 2 fully saturated rings. The molecular weight excluding hydrogens is 268 g/mol. The van der Waals surface area contributed by atoms with Gasteiger partial charge in [0.05, 0.1) is 12.2 Å². The van der Waals surface area contributed by atoms with Crippen molar-refractivity contribution in [3.63, 3.8) is 0 Å². The van der Waals surface area contributed by atoms with Gasteiger partial charge in [0.2, 0.25) is 0 Å². The number of rotatable bonds is 2. The highest BCUT2D eigenvalue weighted by Gasteiger charge is 2.41. The molecule has 0 amide bonds. The molecule has 3 rings (SSSR count). The van der Waals surface area contributed by atoms with Gasteiger partial charge in [-0.1, -0.05) is 11.6 Å². The highest BCUT2D eigenvalue weighted by atomic mass is 35.5. The lowest BCUT2D eigenvalue weighted by molar-refractivity contribution is -0.0958. The molecule has 4 heteroatoms. The lowest BCUT2D eigenvalue weighted by Gasteiger charge is -2.37. The molecule has 2 aliphatic heterocycles. The van der Waals surface area contributed by atoms with E-state index in [1.165, 1.54) is 5.75 Å². The zero-order valence-corrected chi connectivity index (χ0v) is 11.8. The van der Waals surface area contributed by atoms with E-state index in [9.17, 15) is 0 Å². The normalized spacial score (nSPS) is 31.7. The summed E-state index contributed by atoms with van der Waals surface area (Å²) in [5, 5.41) is 0.748. The summed E-state index contributed by atoms with van der Waals surface area (Å²) >= 11 is 7.87. The Morgan fingerprint density at radius 1 is 1.33 bits per heavy atom. The van der Waals surface area contributed by atoms with Gasteiger partial charge in [0.15, 0.2) is 0 Å². The van der Waals surface area contributed by atoms with Crippen LogP contribution in [-0.4, -0.2) is 29.8 Å². The molecule has 0 radical (unpaired) electrons. The van der Waals surface area contributed by atoms with Crippen molar-refractivity contribution in [3.05, 3.63) is 29.3 Å². The van der Waals surface area contributed by atoms with Crippen molar-refractivity contribution < 1.29 is 9.47 Å². The van der Waals surface area contributed by atoms with Gasteiger partial charge < -0.3 is 9.47 Å². The Labute approximate surface area is 117 Å². The van der Waals surface area contributed by atoms with Crippen molar-refractivity contribution in [3.8, 4) is 5.75 Å². The molecule has 1 aromatic rings. The van der Waals surface area contributed by atoms with Crippen molar-refractivity contribution in [1.29, 1.82) is 0 Å². The number of benzene rings is 1. The average molecular weight is 285 g/mol. The van der Waals surface area contributed by atoms with Crippen LogP contribution >= 0.6 is 23.4 Å². The fourth-order valence-electron chi connectivity index (χ4n) is 2.65. The molecule has 0 saturated carbocycles. The van der Waals surface area contributed by atoms with Crippen LogP contribution in [0.2, 0.25) is 5.02 Å². The Hall–Kier alpha value is -0.380. The fraction of sp³-hybridized carbons (Fsp3) is 0.571. The van der Waals surface area contributed by atoms with Crippen LogP contribution in [0.3, 0.4) is 0 Å². The average Bonchev–Trinajstić information content (AvgIpc) is 2.80. The van der Waals surface area contributed by atoms with E-state index in [-0.39, 0.29) is 11.7 Å². The molecule has 2 atom stereocenters. The van der Waals surface area contributed by atoms with Crippen molar-refractivity contribution in [2.45, 2.75) is 31.0 Å². The summed E-state index contributed by atoms with van der Waals surface area (Å²) in [6.45, 7) is 0.818. The Bertz CT molecular complexity index is 401. The second-order valence-electron chi connectivity index (χ2n) is 5.02. The van der Waals surface area contributed by atoms with Gasteiger partial charge in [-0.15, -0.1) is 0 Å². The first-order chi connectivity index (χ1) is 8.76. The minimum Gasteiger partial charge on any atom is -0.490 e. The van der Waals surface area contributed by atoms with E-state index in [4.69, 9.17) is 21.1 Å². The van der Waals surface area contributed by atoms with Gasteiger partial charge in [0.1, 0.15) is 11.9 Å². The third kappa shape index (κ3) is 2.79. The summed E-state index contributed by atoms with van der Waals surface area (Å²) in [4.78, 5) is 0. The van der Waals surface area contributed by atoms with Crippen molar-refractivity contribution in [2.75, 3.05) is 18.1 Å². The number of halogens is 1. The highest BCUT2D eigenvalue weighted by Crippen LogP contribution is 2.39. The molecule has 1 spiro atoms. The largest absolute Gasteiger partial charge is 0.490 e. The first kappa shape index (κ1) is 12.6. The van der Waals surface area contributed by atoms with Gasteiger partial charge in [-0.3, -0.25) is 0 Å². The predicted molar refractivity (Wildman–Crippen MR) is 75.7 cm³/mol. The van der Waals surface area contributed by atoms with Gasteiger partial charge in [-0.25, -0.2) is 0 Å². The number of hydrogen-bond acceptors (Lipinski definition) is 3. The van der Waals surface area contributed by atoms with E-state index < -0.39 is 0 Å². The quantitative estimate of drug-likeness (QED) is 0.824. The van der Waals surface area contributed by atoms with E-state index in [0.717, 1.165) is 42.4 Å². The molecule has 98 valence electrons. The molecule has 2 aliphatic rings. The highest BCUT2D eigenvalue weighted by molar-refractivity contribution is 7.99. The van der Waals surface area contributed by atoms with Crippen LogP contribution in [0.15, 0.2) is 24.3 Å². The van der Waals surface area contributed by atoms with Gasteiger partial charge in [-0.2, -0.15) is 11.8 Å². The van der Waals surface area contributed by atoms with Crippen molar-refractivity contribution >= 4 is 23.4 Å². The zero-order chi connectivity index (χ0) is 12.4. The Balaban J connectivity index is 1.64. The molecule has 0 aliphatic carbocycles. The van der Waals surface area contributed by atoms with Crippen LogP contribution in [0.5, 0.6) is 5.75 Å². The SMILES string of the molecule is Clc1ccc(OC2CCOC3(CCSC3)C2)cc1. The second kappa shape index (κ2) is 5.32. The molecule has 2 saturated heterocycles. The smallest absolute Gasteiger partial charge is 0.119 e. The molecule has 1 aromatic carbocycles. The van der Waals surface area contributed by atoms with Crippen LogP contribution in [0.25, 0.3) is 0 Å². The summed E-state index contributed by atoms with van der Waals surface area (Å²) in [6, 6.07) is 7.62. The van der Waals surface area contributed by atoms with Crippen molar-refractivity contribution in [1.82, 2.24) is 0 Å². The van der Waals surface area contributed by atoms with Gasteiger partial charge in [0, 0.05) is 23.6 Å². The summed E-state index contributed by atoms with van der Waals surface area (Å²) in [7, 11) is 0. The lowest BCUT2D eigenvalue weighted by atomic mass is 9.91. The molecule has 18 heavy (non-hydrogen) atoms. The molecular formula is C14H17ClO2S. The van der Waals surface area contributed by atoms with E-state index >= 15 is 0 Å². The van der Waals surface area contributed by atoms with Crippen molar-refractivity contribution in [2.24, 2.45) is 0 Å². The Morgan fingerprint density at radius 3 is 2.89 bits per heavy atom. The predicted octanol–water partition coefficient (Wildman–Crippen LogP) is 3.77. The van der Waals surface area contributed by atoms with Gasteiger partial charge in [0.25, 0.3) is 0 Å². The fourth-order valence-corrected chi connectivity index (χ4v) is 4.16. The van der Waals surface area contributed by atoms with Crippen LogP contribution in [0.1, 0.15) is 19.3 Å². The monoisotopic (exact) mass is 284 g/mol. The van der Waals surface area contributed by atoms with E-state index in [1.54, 1.807) is 0 Å². The third-order valence-electron chi connectivity index (χ3n) is 3.63. The summed E-state index contributed by atoms with van der Waals surface area (Å²) in [5.41, 5.74) is 0.0833. The topological polar surface area (TPSA) is 18.5 Å². The number of ether oxygens (including phenoxy) is 2. The first-order valence-corrected chi connectivity index (χ1v) is 7.93. The van der Waals surface area contributed by atoms with Gasteiger partial charge in [-0.05, 0) is 36.4 Å². The summed E-state index contributed by atoms with van der Waals surface area (Å²) in [5.74, 6) is 3.24. The maximum atomic E-state index is 6.05. The first-order valence-electron chi connectivity index (χ1n) is 6.40. The minimum absolute atomic E-state index is 0.0833. The zero-order valence-electron chi connectivity index (χ0n) is 10.2. The Morgan fingerprint density at radius 2 is 2.17 bits per heavy atom. The standard InChI is InChI=1S/C14H17ClO2S/c15-11-1-3-12(4-2-11)17-13-5-7-16-14(9-13)6-8-18-10-14/h1-4,13H,5-10H2. The summed E-state index contributed by atoms with van der Waals surface area (Å²) < 4.78 is 12.0. The molecule has 2 nitrogen and oxygen atoms in total. The number of hydrogen-bond donors (Lipinski definition) is 0. The molecule has 2 unspecified atom stereocenters. The summed E-state index contributed by atoms with van der Waals surface area (Å²) in [6.07, 6.45) is 3.44. The van der Waals surface area contributed by atoms with E-state index in [2.05, 4.69) is 0 Å². The molecule has 0 N–H and O–H groups in total. The third-order valence-corrected chi connectivity index (χ3v) is 5.11. The Kier molecular flexibility index (Phi) is 3.73. The minimum atomic E-state index is 0.0833. The second-order valence-corrected chi connectivity index (χ2v) is 6.56. The van der Waals surface area contributed by atoms with Gasteiger partial charge >= 0.3 is 0 Å². The molecule has 0 aromatic heterocycles. The number of thioether (sulfide) groups is 1. The van der Waals surface area contributed by atoms with Crippen LogP contribution in [0.4, 0.5) is 0 Å².